The van der Waals surface area contributed by atoms with E-state index in [0.29, 0.717) is 23.2 Å². The lowest BCUT2D eigenvalue weighted by molar-refractivity contribution is -0.139. The first kappa shape index (κ1) is 18.5. The summed E-state index contributed by atoms with van der Waals surface area (Å²) in [6, 6.07) is 13.8. The van der Waals surface area contributed by atoms with Crippen LogP contribution in [0.1, 0.15) is 41.3 Å². The number of ether oxygens (including phenoxy) is 1. The fourth-order valence-corrected chi connectivity index (χ4v) is 3.35. The zero-order valence-corrected chi connectivity index (χ0v) is 14.9. The van der Waals surface area contributed by atoms with Crippen molar-refractivity contribution in [3.63, 3.8) is 0 Å². The Bertz CT molecular complexity index is 899. The van der Waals surface area contributed by atoms with Crippen LogP contribution in [0.25, 0.3) is 0 Å². The molecular weight excluding hydrogens is 344 g/mol. The molecule has 1 aliphatic rings. The molecule has 1 aliphatic heterocycles. The van der Waals surface area contributed by atoms with Crippen molar-refractivity contribution in [1.29, 1.82) is 5.26 Å². The van der Waals surface area contributed by atoms with Gasteiger partial charge in [-0.15, -0.1) is 0 Å². The van der Waals surface area contributed by atoms with Crippen molar-refractivity contribution in [3.8, 4) is 11.8 Å². The summed E-state index contributed by atoms with van der Waals surface area (Å²) in [4.78, 5) is 23.5. The number of fused-ring (bicyclic) bond motifs is 1. The number of anilines is 1. The van der Waals surface area contributed by atoms with Crippen LogP contribution in [0, 0.1) is 17.2 Å². The molecule has 0 bridgehead atoms. The van der Waals surface area contributed by atoms with Crippen molar-refractivity contribution >= 4 is 17.6 Å². The molecule has 2 N–H and O–H groups in total. The van der Waals surface area contributed by atoms with Crippen molar-refractivity contribution in [2.24, 2.45) is 5.92 Å². The van der Waals surface area contributed by atoms with Gasteiger partial charge in [-0.05, 0) is 60.9 Å². The number of carbonyl (C=O) groups is 2. The number of nitriles is 1. The monoisotopic (exact) mass is 364 g/mol. The Hall–Kier alpha value is -3.33. The van der Waals surface area contributed by atoms with Crippen LogP contribution in [-0.2, 0) is 11.2 Å². The summed E-state index contributed by atoms with van der Waals surface area (Å²) in [6.07, 6.45) is 1.28. The van der Waals surface area contributed by atoms with Crippen LogP contribution in [0.4, 0.5) is 5.69 Å². The second kappa shape index (κ2) is 7.92. The number of nitrogens with one attached hydrogen (secondary N) is 1. The molecule has 6 heteroatoms. The molecule has 0 saturated carbocycles. The molecule has 138 valence electrons. The summed E-state index contributed by atoms with van der Waals surface area (Å²) < 4.78 is 5.96. The lowest BCUT2D eigenvalue weighted by Gasteiger charge is -2.32. The average molecular weight is 364 g/mol. The third-order valence-corrected chi connectivity index (χ3v) is 4.72. The highest BCUT2D eigenvalue weighted by Crippen LogP contribution is 2.35. The molecule has 2 aromatic carbocycles. The average Bonchev–Trinajstić information content (AvgIpc) is 2.67. The Labute approximate surface area is 157 Å². The van der Waals surface area contributed by atoms with Crippen molar-refractivity contribution in [1.82, 2.24) is 0 Å². The molecule has 1 amide bonds. The second-order valence-corrected chi connectivity index (χ2v) is 6.59. The molecule has 2 unspecified atom stereocenters. The molecule has 0 aliphatic carbocycles. The smallest absolute Gasteiger partial charge is 0.303 e. The quantitative estimate of drug-likeness (QED) is 0.844. The third-order valence-electron chi connectivity index (χ3n) is 4.72. The molecule has 0 saturated heterocycles. The normalized spacial score (nSPS) is 17.9. The minimum atomic E-state index is -0.837. The van der Waals surface area contributed by atoms with E-state index in [0.717, 1.165) is 17.7 Å². The van der Waals surface area contributed by atoms with Gasteiger partial charge in [-0.25, -0.2) is 0 Å². The molecule has 0 fully saturated rings. The topological polar surface area (TPSA) is 99.4 Å². The van der Waals surface area contributed by atoms with Gasteiger partial charge in [-0.1, -0.05) is 6.92 Å². The SMILES string of the molecule is CCC1Oc2ccc(NC(=O)c3ccc(C#N)cc3)cc2CC1CC(=O)O. The standard InChI is InChI=1S/C21H20N2O4/c1-2-18-16(11-20(24)25)9-15-10-17(7-8-19(15)27-18)23-21(26)14-5-3-13(12-22)4-6-14/h3-8,10,16,18H,2,9,11H2,1H3,(H,23,26)(H,24,25). The lowest BCUT2D eigenvalue weighted by atomic mass is 9.87. The molecule has 0 spiro atoms. The molecule has 6 nitrogen and oxygen atoms in total. The van der Waals surface area contributed by atoms with Crippen LogP contribution in [0.5, 0.6) is 5.75 Å². The molecule has 2 aromatic rings. The van der Waals surface area contributed by atoms with Gasteiger partial charge in [0.15, 0.2) is 0 Å². The van der Waals surface area contributed by atoms with Crippen LogP contribution in [-0.4, -0.2) is 23.1 Å². The van der Waals surface area contributed by atoms with Crippen LogP contribution in [0.3, 0.4) is 0 Å². The van der Waals surface area contributed by atoms with Gasteiger partial charge < -0.3 is 15.2 Å². The second-order valence-electron chi connectivity index (χ2n) is 6.59. The molecule has 1 heterocycles. The maximum Gasteiger partial charge on any atom is 0.303 e. The van der Waals surface area contributed by atoms with Crippen LogP contribution in [0.15, 0.2) is 42.5 Å². The summed E-state index contributed by atoms with van der Waals surface area (Å²) in [5, 5.41) is 20.8. The Morgan fingerprint density at radius 3 is 2.63 bits per heavy atom. The van der Waals surface area contributed by atoms with Gasteiger partial charge in [0.1, 0.15) is 11.9 Å². The Morgan fingerprint density at radius 1 is 1.26 bits per heavy atom. The molecule has 27 heavy (non-hydrogen) atoms. The van der Waals surface area contributed by atoms with Gasteiger partial charge in [0.2, 0.25) is 0 Å². The molecule has 0 radical (unpaired) electrons. The minimum Gasteiger partial charge on any atom is -0.490 e. The molecule has 0 aromatic heterocycles. The van der Waals surface area contributed by atoms with Crippen LogP contribution < -0.4 is 10.1 Å². The van der Waals surface area contributed by atoms with Crippen molar-refractivity contribution in [2.45, 2.75) is 32.3 Å². The van der Waals surface area contributed by atoms with E-state index >= 15 is 0 Å². The summed E-state index contributed by atoms with van der Waals surface area (Å²) in [5.41, 5.74) is 2.46. The minimum absolute atomic E-state index is 0.0553. The summed E-state index contributed by atoms with van der Waals surface area (Å²) in [6.45, 7) is 1.98. The Balaban J connectivity index is 1.76. The van der Waals surface area contributed by atoms with E-state index in [1.807, 2.05) is 25.1 Å². The number of hydrogen-bond donors (Lipinski definition) is 2. The predicted molar refractivity (Wildman–Crippen MR) is 99.7 cm³/mol. The number of carboxylic acids is 1. The number of rotatable bonds is 5. The number of carboxylic acid groups (broad SMARTS) is 1. The lowest BCUT2D eigenvalue weighted by Crippen LogP contribution is -2.34. The van der Waals surface area contributed by atoms with Gasteiger partial charge >= 0.3 is 5.97 Å². The predicted octanol–water partition coefficient (Wildman–Crippen LogP) is 3.61. The fourth-order valence-electron chi connectivity index (χ4n) is 3.35. The van der Waals surface area contributed by atoms with E-state index < -0.39 is 5.97 Å². The van der Waals surface area contributed by atoms with Gasteiger partial charge in [-0.3, -0.25) is 9.59 Å². The summed E-state index contributed by atoms with van der Waals surface area (Å²) >= 11 is 0. The molecule has 3 rings (SSSR count). The first-order valence-electron chi connectivity index (χ1n) is 8.83. The highest BCUT2D eigenvalue weighted by atomic mass is 16.5. The maximum absolute atomic E-state index is 12.4. The van der Waals surface area contributed by atoms with E-state index in [9.17, 15) is 9.59 Å². The summed E-state index contributed by atoms with van der Waals surface area (Å²) in [5.74, 6) is -0.468. The number of amides is 1. The molecular formula is C21H20N2O4. The van der Waals surface area contributed by atoms with Crippen LogP contribution >= 0.6 is 0 Å². The van der Waals surface area contributed by atoms with Gasteiger partial charge in [0, 0.05) is 17.2 Å². The number of nitrogens with zero attached hydrogens (tertiary/aromatic N) is 1. The van der Waals surface area contributed by atoms with Crippen molar-refractivity contribution < 1.29 is 19.4 Å². The van der Waals surface area contributed by atoms with Crippen molar-refractivity contribution in [2.75, 3.05) is 5.32 Å². The zero-order valence-electron chi connectivity index (χ0n) is 14.9. The fraction of sp³-hybridized carbons (Fsp3) is 0.286. The Kier molecular flexibility index (Phi) is 5.41. The highest BCUT2D eigenvalue weighted by molar-refractivity contribution is 6.04. The third kappa shape index (κ3) is 4.26. The van der Waals surface area contributed by atoms with Gasteiger partial charge in [0.05, 0.1) is 18.1 Å². The largest absolute Gasteiger partial charge is 0.490 e. The Morgan fingerprint density at radius 2 is 2.00 bits per heavy atom. The van der Waals surface area contributed by atoms with E-state index in [2.05, 4.69) is 5.32 Å². The van der Waals surface area contributed by atoms with Gasteiger partial charge in [-0.2, -0.15) is 5.26 Å². The number of hydrogen-bond acceptors (Lipinski definition) is 4. The van der Waals surface area contributed by atoms with E-state index in [1.54, 1.807) is 30.3 Å². The van der Waals surface area contributed by atoms with E-state index in [1.165, 1.54) is 0 Å². The van der Waals surface area contributed by atoms with Crippen molar-refractivity contribution in [3.05, 3.63) is 59.2 Å². The van der Waals surface area contributed by atoms with E-state index in [4.69, 9.17) is 15.1 Å². The molecule has 2 atom stereocenters. The summed E-state index contributed by atoms with van der Waals surface area (Å²) in [7, 11) is 0. The highest BCUT2D eigenvalue weighted by Gasteiger charge is 2.30. The van der Waals surface area contributed by atoms with E-state index in [-0.39, 0.29) is 24.3 Å². The van der Waals surface area contributed by atoms with Crippen LogP contribution in [0.2, 0.25) is 0 Å². The first-order valence-corrected chi connectivity index (χ1v) is 8.83. The van der Waals surface area contributed by atoms with Gasteiger partial charge in [0.25, 0.3) is 5.91 Å². The number of carbonyl (C=O) groups excluding carboxylic acids is 1. The number of benzene rings is 2. The zero-order chi connectivity index (χ0) is 19.4. The maximum atomic E-state index is 12.4. The first-order chi connectivity index (χ1) is 13.0. The number of aliphatic carboxylic acids is 1.